The van der Waals surface area contributed by atoms with Crippen molar-refractivity contribution >= 4 is 23.6 Å². The van der Waals surface area contributed by atoms with Gasteiger partial charge in [-0.05, 0) is 49.0 Å². The van der Waals surface area contributed by atoms with Gasteiger partial charge in [-0.3, -0.25) is 4.79 Å². The van der Waals surface area contributed by atoms with Crippen molar-refractivity contribution in [2.45, 2.75) is 19.3 Å². The molecule has 0 aromatic heterocycles. The van der Waals surface area contributed by atoms with E-state index in [0.717, 1.165) is 24.5 Å². The number of carbonyl (C=O) groups excluding carboxylic acids is 1. The number of ether oxygens (including phenoxy) is 3. The van der Waals surface area contributed by atoms with Crippen molar-refractivity contribution in [3.05, 3.63) is 28.8 Å². The van der Waals surface area contributed by atoms with Crippen molar-refractivity contribution in [1.29, 1.82) is 0 Å². The number of nitrogens with one attached hydrogen (secondary N) is 1. The van der Waals surface area contributed by atoms with Crippen molar-refractivity contribution in [3.8, 4) is 11.5 Å². The van der Waals surface area contributed by atoms with Crippen LogP contribution in [0.5, 0.6) is 11.5 Å². The molecule has 1 fully saturated rings. The van der Waals surface area contributed by atoms with Crippen LogP contribution in [0, 0.1) is 5.92 Å². The fourth-order valence-corrected chi connectivity index (χ4v) is 2.65. The van der Waals surface area contributed by atoms with Gasteiger partial charge in [0.1, 0.15) is 13.2 Å². The maximum atomic E-state index is 11.8. The summed E-state index contributed by atoms with van der Waals surface area (Å²) in [6.07, 6.45) is 6.62. The first-order valence-corrected chi connectivity index (χ1v) is 8.73. The van der Waals surface area contributed by atoms with Gasteiger partial charge in [0.15, 0.2) is 11.5 Å². The van der Waals surface area contributed by atoms with Crippen LogP contribution in [0.2, 0.25) is 5.02 Å². The van der Waals surface area contributed by atoms with E-state index in [1.54, 1.807) is 12.1 Å². The summed E-state index contributed by atoms with van der Waals surface area (Å²) in [5, 5.41) is 3.33. The third-order valence-electron chi connectivity index (χ3n) is 3.86. The third-order valence-corrected chi connectivity index (χ3v) is 4.14. The molecule has 1 N–H and O–H groups in total. The van der Waals surface area contributed by atoms with E-state index < -0.39 is 0 Å². The zero-order valence-corrected chi connectivity index (χ0v) is 14.3. The summed E-state index contributed by atoms with van der Waals surface area (Å²) in [6.45, 7) is 3.15. The third kappa shape index (κ3) is 5.14. The van der Waals surface area contributed by atoms with Gasteiger partial charge in [-0.15, -0.1) is 0 Å². The summed E-state index contributed by atoms with van der Waals surface area (Å²) < 4.78 is 16.5. The highest BCUT2D eigenvalue weighted by atomic mass is 35.5. The van der Waals surface area contributed by atoms with Crippen LogP contribution >= 0.6 is 11.6 Å². The average molecular weight is 352 g/mol. The number of rotatable bonds is 8. The molecule has 6 heteroatoms. The minimum atomic E-state index is -0.136. The van der Waals surface area contributed by atoms with Crippen LogP contribution < -0.4 is 14.8 Å². The Morgan fingerprint density at radius 2 is 2.17 bits per heavy atom. The molecule has 1 amide bonds. The van der Waals surface area contributed by atoms with E-state index in [4.69, 9.17) is 25.8 Å². The van der Waals surface area contributed by atoms with Crippen LogP contribution in [0.4, 0.5) is 0 Å². The average Bonchev–Trinajstić information content (AvgIpc) is 3.40. The van der Waals surface area contributed by atoms with E-state index in [2.05, 4.69) is 5.32 Å². The molecule has 0 bridgehead atoms. The van der Waals surface area contributed by atoms with E-state index in [-0.39, 0.29) is 5.91 Å². The lowest BCUT2D eigenvalue weighted by molar-refractivity contribution is -0.116. The van der Waals surface area contributed by atoms with Crippen molar-refractivity contribution in [3.63, 3.8) is 0 Å². The number of halogens is 1. The monoisotopic (exact) mass is 351 g/mol. The molecule has 3 rings (SSSR count). The maximum absolute atomic E-state index is 11.8. The quantitative estimate of drug-likeness (QED) is 0.577. The molecule has 0 radical (unpaired) electrons. The predicted molar refractivity (Wildman–Crippen MR) is 92.6 cm³/mol. The van der Waals surface area contributed by atoms with Crippen LogP contribution in [0.3, 0.4) is 0 Å². The predicted octanol–water partition coefficient (Wildman–Crippen LogP) is 3.06. The Hall–Kier alpha value is -1.72. The molecule has 1 heterocycles. The molecule has 5 nitrogen and oxygen atoms in total. The second-order valence-corrected chi connectivity index (χ2v) is 6.43. The summed E-state index contributed by atoms with van der Waals surface area (Å²) in [6, 6.07) is 3.57. The molecule has 0 spiro atoms. The van der Waals surface area contributed by atoms with E-state index in [9.17, 15) is 4.79 Å². The van der Waals surface area contributed by atoms with Crippen LogP contribution in [-0.2, 0) is 9.53 Å². The summed E-state index contributed by atoms with van der Waals surface area (Å²) in [5.41, 5.74) is 0.798. The Morgan fingerprint density at radius 1 is 1.33 bits per heavy atom. The van der Waals surface area contributed by atoms with E-state index in [1.807, 2.05) is 6.07 Å². The summed E-state index contributed by atoms with van der Waals surface area (Å²) in [7, 11) is 0. The number of benzene rings is 1. The minimum absolute atomic E-state index is 0.136. The first-order valence-electron chi connectivity index (χ1n) is 8.35. The Balaban J connectivity index is 1.41. The fourth-order valence-electron chi connectivity index (χ4n) is 2.38. The standard InChI is InChI=1S/C18H22ClNO4/c19-15-10-14(11-16-18(15)24-9-8-23-16)4-5-17(21)20-6-1-7-22-12-13-2-3-13/h4-5,10-11,13H,1-3,6-9,12H2,(H,20,21)/b5-4+. The molecular formula is C18H22ClNO4. The van der Waals surface area contributed by atoms with Crippen molar-refractivity contribution in [2.75, 3.05) is 33.0 Å². The van der Waals surface area contributed by atoms with Crippen LogP contribution in [0.1, 0.15) is 24.8 Å². The number of hydrogen-bond acceptors (Lipinski definition) is 4. The number of hydrogen-bond donors (Lipinski definition) is 1. The molecule has 24 heavy (non-hydrogen) atoms. The van der Waals surface area contributed by atoms with Gasteiger partial charge in [-0.1, -0.05) is 11.6 Å². The van der Waals surface area contributed by atoms with Gasteiger partial charge >= 0.3 is 0 Å². The normalized spacial score (nSPS) is 16.4. The molecule has 1 aliphatic carbocycles. The zero-order valence-electron chi connectivity index (χ0n) is 13.6. The smallest absolute Gasteiger partial charge is 0.244 e. The van der Waals surface area contributed by atoms with Crippen molar-refractivity contribution in [1.82, 2.24) is 5.32 Å². The Morgan fingerprint density at radius 3 is 3.00 bits per heavy atom. The molecule has 0 atom stereocenters. The fraction of sp³-hybridized carbons (Fsp3) is 0.500. The second-order valence-electron chi connectivity index (χ2n) is 6.02. The van der Waals surface area contributed by atoms with Crippen molar-refractivity contribution < 1.29 is 19.0 Å². The van der Waals surface area contributed by atoms with Gasteiger partial charge in [0.05, 0.1) is 5.02 Å². The first kappa shape index (κ1) is 17.1. The molecular weight excluding hydrogens is 330 g/mol. The molecule has 0 saturated heterocycles. The Labute approximate surface area is 146 Å². The van der Waals surface area contributed by atoms with Crippen LogP contribution in [0.15, 0.2) is 18.2 Å². The minimum Gasteiger partial charge on any atom is -0.486 e. The molecule has 1 aliphatic heterocycles. The van der Waals surface area contributed by atoms with Crippen LogP contribution in [0.25, 0.3) is 6.08 Å². The number of amides is 1. The highest BCUT2D eigenvalue weighted by Crippen LogP contribution is 2.38. The first-order chi connectivity index (χ1) is 11.7. The SMILES string of the molecule is O=C(/C=C/c1cc(Cl)c2c(c1)OCCO2)NCCCOCC1CC1. The lowest BCUT2D eigenvalue weighted by atomic mass is 10.1. The lowest BCUT2D eigenvalue weighted by Crippen LogP contribution is -2.23. The van der Waals surface area contributed by atoms with Gasteiger partial charge in [-0.2, -0.15) is 0 Å². The van der Waals surface area contributed by atoms with Crippen molar-refractivity contribution in [2.24, 2.45) is 5.92 Å². The molecule has 1 aromatic rings. The molecule has 2 aliphatic rings. The highest BCUT2D eigenvalue weighted by Gasteiger charge is 2.20. The van der Waals surface area contributed by atoms with Gasteiger partial charge in [0, 0.05) is 25.8 Å². The molecule has 130 valence electrons. The molecule has 1 aromatic carbocycles. The van der Waals surface area contributed by atoms with Crippen LogP contribution in [-0.4, -0.2) is 38.9 Å². The Bertz CT molecular complexity index is 613. The largest absolute Gasteiger partial charge is 0.486 e. The van der Waals surface area contributed by atoms with Gasteiger partial charge < -0.3 is 19.5 Å². The number of carbonyl (C=O) groups is 1. The Kier molecular flexibility index (Phi) is 5.99. The molecule has 0 unspecified atom stereocenters. The number of fused-ring (bicyclic) bond motifs is 1. The topological polar surface area (TPSA) is 56.8 Å². The second kappa shape index (κ2) is 8.40. The van der Waals surface area contributed by atoms with Gasteiger partial charge in [-0.25, -0.2) is 0 Å². The van der Waals surface area contributed by atoms with E-state index >= 15 is 0 Å². The van der Waals surface area contributed by atoms with E-state index in [0.29, 0.717) is 42.9 Å². The highest BCUT2D eigenvalue weighted by molar-refractivity contribution is 6.32. The summed E-state index contributed by atoms with van der Waals surface area (Å²) in [5.74, 6) is 1.82. The van der Waals surface area contributed by atoms with E-state index in [1.165, 1.54) is 18.9 Å². The maximum Gasteiger partial charge on any atom is 0.244 e. The lowest BCUT2D eigenvalue weighted by Gasteiger charge is -2.19. The summed E-state index contributed by atoms with van der Waals surface area (Å²) in [4.78, 5) is 11.8. The zero-order chi connectivity index (χ0) is 16.8. The van der Waals surface area contributed by atoms with Gasteiger partial charge in [0.25, 0.3) is 0 Å². The summed E-state index contributed by atoms with van der Waals surface area (Å²) >= 11 is 6.17. The van der Waals surface area contributed by atoms with Gasteiger partial charge in [0.2, 0.25) is 5.91 Å². The molecule has 1 saturated carbocycles.